The first-order chi connectivity index (χ1) is 12.5. The van der Waals surface area contributed by atoms with E-state index >= 15 is 0 Å². The fourth-order valence-electron chi connectivity index (χ4n) is 4.34. The van der Waals surface area contributed by atoms with Gasteiger partial charge in [0.05, 0.1) is 5.54 Å². The van der Waals surface area contributed by atoms with E-state index in [1.54, 1.807) is 0 Å². The van der Waals surface area contributed by atoms with Crippen molar-refractivity contribution in [1.82, 2.24) is 9.80 Å². The van der Waals surface area contributed by atoms with Gasteiger partial charge in [-0.1, -0.05) is 30.3 Å². The Morgan fingerprint density at radius 2 is 1.73 bits per heavy atom. The number of likely N-dealkylation sites (tertiary alicyclic amines) is 2. The molecule has 0 spiro atoms. The number of ketones is 1. The third-order valence-corrected chi connectivity index (χ3v) is 6.09. The van der Waals surface area contributed by atoms with Gasteiger partial charge in [0.1, 0.15) is 5.78 Å². The van der Waals surface area contributed by atoms with Gasteiger partial charge in [-0.15, -0.1) is 0 Å². The highest BCUT2D eigenvalue weighted by atomic mass is 16.2. The molecule has 2 heterocycles. The molecule has 142 valence electrons. The van der Waals surface area contributed by atoms with Crippen molar-refractivity contribution in [3.63, 3.8) is 0 Å². The number of nitrogens with zero attached hydrogens (tertiary/aromatic N) is 2. The number of amides is 1. The Labute approximate surface area is 157 Å². The Kier molecular flexibility index (Phi) is 6.13. The highest BCUT2D eigenvalue weighted by Gasteiger charge is 2.40. The van der Waals surface area contributed by atoms with E-state index in [0.29, 0.717) is 18.7 Å². The first kappa shape index (κ1) is 19.1. The van der Waals surface area contributed by atoms with E-state index in [0.717, 1.165) is 38.9 Å². The number of carbonyl (C=O) groups excluding carboxylic acids is 2. The molecular weight excluding hydrogens is 324 g/mol. The third-order valence-electron chi connectivity index (χ3n) is 6.09. The average Bonchev–Trinajstić information content (AvgIpc) is 3.22. The molecule has 0 aliphatic carbocycles. The van der Waals surface area contributed by atoms with Gasteiger partial charge >= 0.3 is 0 Å². The maximum Gasteiger partial charge on any atom is 0.242 e. The van der Waals surface area contributed by atoms with Gasteiger partial charge in [-0.05, 0) is 64.6 Å². The summed E-state index contributed by atoms with van der Waals surface area (Å²) in [5.41, 5.74) is 0.755. The molecule has 4 heteroatoms. The molecule has 0 bridgehead atoms. The number of piperidine rings is 1. The molecule has 2 fully saturated rings. The van der Waals surface area contributed by atoms with Crippen LogP contribution >= 0.6 is 0 Å². The smallest absolute Gasteiger partial charge is 0.242 e. The number of hydrogen-bond donors (Lipinski definition) is 0. The van der Waals surface area contributed by atoms with Crippen LogP contribution in [0.3, 0.4) is 0 Å². The average molecular weight is 357 g/mol. The van der Waals surface area contributed by atoms with Crippen LogP contribution < -0.4 is 0 Å². The van der Waals surface area contributed by atoms with E-state index in [-0.39, 0.29) is 11.8 Å². The molecule has 0 radical (unpaired) electrons. The Morgan fingerprint density at radius 1 is 1.04 bits per heavy atom. The summed E-state index contributed by atoms with van der Waals surface area (Å²) in [5, 5.41) is 0. The van der Waals surface area contributed by atoms with Crippen LogP contribution in [0.1, 0.15) is 51.5 Å². The summed E-state index contributed by atoms with van der Waals surface area (Å²) in [7, 11) is 0. The van der Waals surface area contributed by atoms with E-state index in [4.69, 9.17) is 0 Å². The molecule has 0 N–H and O–H groups in total. The van der Waals surface area contributed by atoms with Gasteiger partial charge in [0.2, 0.25) is 5.91 Å². The minimum Gasteiger partial charge on any atom is -0.340 e. The second kappa shape index (κ2) is 8.34. The van der Waals surface area contributed by atoms with Crippen LogP contribution in [0.2, 0.25) is 0 Å². The third kappa shape index (κ3) is 4.35. The summed E-state index contributed by atoms with van der Waals surface area (Å²) in [6.45, 7) is 7.49. The molecule has 2 aliphatic rings. The van der Waals surface area contributed by atoms with Gasteiger partial charge in [-0.3, -0.25) is 14.5 Å². The van der Waals surface area contributed by atoms with Crippen molar-refractivity contribution in [1.29, 1.82) is 0 Å². The zero-order valence-electron chi connectivity index (χ0n) is 16.2. The second-order valence-electron chi connectivity index (χ2n) is 8.30. The first-order valence-electron chi connectivity index (χ1n) is 10.1. The molecule has 4 nitrogen and oxygen atoms in total. The summed E-state index contributed by atoms with van der Waals surface area (Å²) in [5.74, 6) is 0.510. The van der Waals surface area contributed by atoms with Gasteiger partial charge in [-0.25, -0.2) is 0 Å². The first-order valence-corrected chi connectivity index (χ1v) is 10.1. The maximum atomic E-state index is 13.1. The van der Waals surface area contributed by atoms with Crippen LogP contribution in [-0.4, -0.2) is 53.2 Å². The van der Waals surface area contributed by atoms with Gasteiger partial charge < -0.3 is 4.90 Å². The lowest BCUT2D eigenvalue weighted by Gasteiger charge is -2.41. The molecule has 2 aliphatic heterocycles. The van der Waals surface area contributed by atoms with Crippen LogP contribution in [0, 0.1) is 5.92 Å². The fraction of sp³-hybridized carbons (Fsp3) is 0.636. The minimum atomic E-state index is -0.453. The predicted octanol–water partition coefficient (Wildman–Crippen LogP) is 3.30. The summed E-state index contributed by atoms with van der Waals surface area (Å²) in [6, 6.07) is 10.2. The minimum absolute atomic E-state index is 0.00536. The SMILES string of the molecule is CC(C)(C(=O)N1CCC[C@H](C(=O)CCc2ccccc2)C1)N1CCCC1. The Morgan fingerprint density at radius 3 is 2.42 bits per heavy atom. The Bertz CT molecular complexity index is 620. The quantitative estimate of drug-likeness (QED) is 0.785. The van der Waals surface area contributed by atoms with Crippen molar-refractivity contribution in [3.8, 4) is 0 Å². The van der Waals surface area contributed by atoms with E-state index in [1.807, 2.05) is 36.9 Å². The summed E-state index contributed by atoms with van der Waals surface area (Å²) in [6.07, 6.45) is 5.58. The number of benzene rings is 1. The monoisotopic (exact) mass is 356 g/mol. The van der Waals surface area contributed by atoms with Crippen LogP contribution in [0.4, 0.5) is 0 Å². The van der Waals surface area contributed by atoms with E-state index < -0.39 is 5.54 Å². The van der Waals surface area contributed by atoms with E-state index in [9.17, 15) is 9.59 Å². The molecule has 1 aromatic carbocycles. The number of aryl methyl sites for hydroxylation is 1. The fourth-order valence-corrected chi connectivity index (χ4v) is 4.34. The topological polar surface area (TPSA) is 40.6 Å². The van der Waals surface area contributed by atoms with Gasteiger partial charge in [0.15, 0.2) is 0 Å². The molecule has 0 saturated carbocycles. The molecule has 0 aromatic heterocycles. The lowest BCUT2D eigenvalue weighted by molar-refractivity contribution is -0.145. The summed E-state index contributed by atoms with van der Waals surface area (Å²) >= 11 is 0. The van der Waals surface area contributed by atoms with Crippen LogP contribution in [0.25, 0.3) is 0 Å². The van der Waals surface area contributed by atoms with Crippen molar-refractivity contribution < 1.29 is 9.59 Å². The van der Waals surface area contributed by atoms with Crippen LogP contribution in [-0.2, 0) is 16.0 Å². The molecule has 26 heavy (non-hydrogen) atoms. The van der Waals surface area contributed by atoms with Crippen molar-refractivity contribution in [2.75, 3.05) is 26.2 Å². The van der Waals surface area contributed by atoms with Gasteiger partial charge in [0.25, 0.3) is 0 Å². The molecule has 3 rings (SSSR count). The second-order valence-corrected chi connectivity index (χ2v) is 8.30. The maximum absolute atomic E-state index is 13.1. The number of rotatable bonds is 6. The normalized spacial score (nSPS) is 21.8. The van der Waals surface area contributed by atoms with Gasteiger partial charge in [-0.2, -0.15) is 0 Å². The zero-order valence-corrected chi connectivity index (χ0v) is 16.2. The largest absolute Gasteiger partial charge is 0.340 e. The van der Waals surface area contributed by atoms with Crippen molar-refractivity contribution in [3.05, 3.63) is 35.9 Å². The van der Waals surface area contributed by atoms with E-state index in [1.165, 1.54) is 18.4 Å². The number of carbonyl (C=O) groups is 2. The standard InChI is InChI=1S/C22H32N2O2/c1-22(2,24-15-6-7-16-24)21(26)23-14-8-11-19(17-23)20(25)13-12-18-9-4-3-5-10-18/h3-5,9-10,19H,6-8,11-17H2,1-2H3/t19-/m0/s1. The number of Topliss-reactive ketones (excluding diaryl/α,β-unsaturated/α-hetero) is 1. The van der Waals surface area contributed by atoms with Crippen molar-refractivity contribution in [2.24, 2.45) is 5.92 Å². The van der Waals surface area contributed by atoms with Crippen LogP contribution in [0.15, 0.2) is 30.3 Å². The summed E-state index contributed by atoms with van der Waals surface area (Å²) < 4.78 is 0. The predicted molar refractivity (Wildman–Crippen MR) is 104 cm³/mol. The highest BCUT2D eigenvalue weighted by Crippen LogP contribution is 2.27. The van der Waals surface area contributed by atoms with Crippen LogP contribution in [0.5, 0.6) is 0 Å². The van der Waals surface area contributed by atoms with Gasteiger partial charge in [0, 0.05) is 25.4 Å². The molecule has 1 amide bonds. The summed E-state index contributed by atoms with van der Waals surface area (Å²) in [4.78, 5) is 30.1. The molecule has 1 atom stereocenters. The lowest BCUT2D eigenvalue weighted by Crippen LogP contribution is -2.57. The number of hydrogen-bond acceptors (Lipinski definition) is 3. The highest BCUT2D eigenvalue weighted by molar-refractivity contribution is 5.87. The lowest BCUT2D eigenvalue weighted by atomic mass is 9.89. The molecular formula is C22H32N2O2. The molecule has 2 saturated heterocycles. The van der Waals surface area contributed by atoms with Crippen molar-refractivity contribution in [2.45, 2.75) is 57.9 Å². The Balaban J connectivity index is 1.56. The zero-order chi connectivity index (χ0) is 18.6. The Hall–Kier alpha value is -1.68. The molecule has 1 aromatic rings. The van der Waals surface area contributed by atoms with E-state index in [2.05, 4.69) is 17.0 Å². The molecule has 0 unspecified atom stereocenters. The van der Waals surface area contributed by atoms with Crippen molar-refractivity contribution >= 4 is 11.7 Å².